The van der Waals surface area contributed by atoms with Crippen molar-refractivity contribution in [3.8, 4) is 22.9 Å². The number of likely N-dealkylation sites (N-methyl/N-ethyl adjacent to an activating group) is 1. The number of nitrogens with zero attached hydrogens (tertiary/aromatic N) is 6. The number of nitrogens with one attached hydrogen (secondary N) is 1. The molecule has 1 aromatic carbocycles. The molecule has 0 unspecified atom stereocenters. The minimum atomic E-state index is -0.321. The molecule has 10 heteroatoms. The average molecular weight is 544 g/mol. The summed E-state index contributed by atoms with van der Waals surface area (Å²) >= 11 is 0. The van der Waals surface area contributed by atoms with Crippen molar-refractivity contribution in [1.29, 1.82) is 0 Å². The molecule has 0 saturated heterocycles. The molecule has 1 atom stereocenters. The van der Waals surface area contributed by atoms with Crippen molar-refractivity contribution in [3.63, 3.8) is 0 Å². The number of anilines is 2. The van der Waals surface area contributed by atoms with Crippen LogP contribution in [0.5, 0.6) is 11.6 Å². The number of amides is 1. The maximum atomic E-state index is 13.6. The van der Waals surface area contributed by atoms with Gasteiger partial charge in [-0.15, -0.1) is 0 Å². The number of benzene rings is 1. The number of pyridine rings is 1. The molecular weight excluding hydrogens is 506 g/mol. The first-order chi connectivity index (χ1) is 19.4. The zero-order chi connectivity index (χ0) is 27.8. The Morgan fingerprint density at radius 3 is 2.80 bits per heavy atom. The fraction of sp³-hybridized carbons (Fsp3) is 0.467. The predicted molar refractivity (Wildman–Crippen MR) is 155 cm³/mol. The molecule has 10 nitrogen and oxygen atoms in total. The van der Waals surface area contributed by atoms with Gasteiger partial charge in [0.05, 0.1) is 35.4 Å². The Morgan fingerprint density at radius 2 is 2.00 bits per heavy atom. The number of carbonyl (C=O) groups is 1. The molecule has 1 N–H and O–H groups in total. The Kier molecular flexibility index (Phi) is 7.18. The van der Waals surface area contributed by atoms with Crippen molar-refractivity contribution in [2.75, 3.05) is 50.6 Å². The first kappa shape index (κ1) is 26.3. The van der Waals surface area contributed by atoms with E-state index in [0.717, 1.165) is 54.3 Å². The third-order valence-corrected chi connectivity index (χ3v) is 7.80. The van der Waals surface area contributed by atoms with Gasteiger partial charge in [0, 0.05) is 37.5 Å². The number of hydrogen-bond acceptors (Lipinski definition) is 8. The zero-order valence-electron chi connectivity index (χ0n) is 23.7. The minimum absolute atomic E-state index is 0.321. The summed E-state index contributed by atoms with van der Waals surface area (Å²) in [5, 5.41) is 7.83. The monoisotopic (exact) mass is 543 g/mol. The van der Waals surface area contributed by atoms with E-state index in [1.807, 2.05) is 40.2 Å². The summed E-state index contributed by atoms with van der Waals surface area (Å²) in [5.74, 6) is 2.84. The summed E-state index contributed by atoms with van der Waals surface area (Å²) in [6.07, 6.45) is 6.17. The normalized spacial score (nSPS) is 20.3. The highest BCUT2D eigenvalue weighted by atomic mass is 16.5. The molecule has 1 fully saturated rings. The largest absolute Gasteiger partial charge is 0.492 e. The van der Waals surface area contributed by atoms with Crippen LogP contribution < -0.4 is 19.7 Å². The topological polar surface area (TPSA) is 97.1 Å². The molecule has 3 aliphatic rings. The van der Waals surface area contributed by atoms with Crippen molar-refractivity contribution in [2.45, 2.75) is 32.6 Å². The number of aliphatic imine (C=N–C) groups is 1. The number of hydrogen-bond donors (Lipinski definition) is 1. The van der Waals surface area contributed by atoms with Crippen LogP contribution in [-0.4, -0.2) is 71.9 Å². The highest BCUT2D eigenvalue weighted by Crippen LogP contribution is 2.43. The lowest BCUT2D eigenvalue weighted by molar-refractivity contribution is 0.100. The van der Waals surface area contributed by atoms with Crippen LogP contribution in [0.25, 0.3) is 11.3 Å². The molecular formula is C30H37N7O3. The van der Waals surface area contributed by atoms with Gasteiger partial charge in [-0.3, -0.25) is 9.78 Å². The highest BCUT2D eigenvalue weighted by molar-refractivity contribution is 6.19. The fourth-order valence-corrected chi connectivity index (χ4v) is 5.51. The van der Waals surface area contributed by atoms with Gasteiger partial charge in [0.1, 0.15) is 12.4 Å². The molecule has 40 heavy (non-hydrogen) atoms. The SMILES string of the molecule is Cc1cc2cc(n1)-c1cnn(C)c1OCCC[C@@H](C1CC1)CN1/C(=N/C2=O)Nc2ccc(OCCN(C)C)cc21. The number of ether oxygens (including phenoxy) is 2. The van der Waals surface area contributed by atoms with E-state index in [4.69, 9.17) is 14.5 Å². The van der Waals surface area contributed by atoms with Crippen LogP contribution >= 0.6 is 0 Å². The predicted octanol–water partition coefficient (Wildman–Crippen LogP) is 4.36. The highest BCUT2D eigenvalue weighted by Gasteiger charge is 2.36. The van der Waals surface area contributed by atoms with Gasteiger partial charge in [-0.05, 0) is 82.8 Å². The second kappa shape index (κ2) is 10.9. The van der Waals surface area contributed by atoms with Gasteiger partial charge in [0.15, 0.2) is 0 Å². The summed E-state index contributed by atoms with van der Waals surface area (Å²) in [6.45, 7) is 4.68. The summed E-state index contributed by atoms with van der Waals surface area (Å²) in [5.41, 5.74) is 4.55. The molecule has 0 radical (unpaired) electrons. The minimum Gasteiger partial charge on any atom is -0.492 e. The Balaban J connectivity index is 1.38. The molecule has 3 aromatic rings. The van der Waals surface area contributed by atoms with E-state index in [1.54, 1.807) is 23.0 Å². The van der Waals surface area contributed by atoms with Crippen LogP contribution in [0, 0.1) is 18.8 Å². The molecule has 210 valence electrons. The Morgan fingerprint density at radius 1 is 1.15 bits per heavy atom. The number of fused-ring (bicyclic) bond motifs is 7. The van der Waals surface area contributed by atoms with E-state index in [9.17, 15) is 4.79 Å². The molecule has 6 rings (SSSR count). The first-order valence-corrected chi connectivity index (χ1v) is 14.1. The molecule has 4 heterocycles. The average Bonchev–Trinajstić information content (AvgIpc) is 3.62. The van der Waals surface area contributed by atoms with Crippen molar-refractivity contribution in [1.82, 2.24) is 19.7 Å². The standard InChI is InChI=1S/C30H37N7O3/c1-19-14-22-15-26(32-19)24-17-31-36(4)29(24)40-12-5-6-21(20-7-8-20)18-37-27-16-23(39-13-11-35(2)3)9-10-25(27)33-30(37)34-28(22)38/h9-10,14-17,20-21H,5-8,11-13,18H2,1-4H3,(H,33,34,38)/t21-/m1/s1. The van der Waals surface area contributed by atoms with Gasteiger partial charge < -0.3 is 24.6 Å². The van der Waals surface area contributed by atoms with E-state index >= 15 is 0 Å². The summed E-state index contributed by atoms with van der Waals surface area (Å²) < 4.78 is 14.0. The van der Waals surface area contributed by atoms with E-state index in [2.05, 4.69) is 31.3 Å². The second-order valence-electron chi connectivity index (χ2n) is 11.3. The van der Waals surface area contributed by atoms with Crippen molar-refractivity contribution >= 4 is 23.2 Å². The van der Waals surface area contributed by atoms with Crippen LogP contribution in [0.4, 0.5) is 11.4 Å². The lowest BCUT2D eigenvalue weighted by Gasteiger charge is -2.26. The molecule has 0 spiro atoms. The second-order valence-corrected chi connectivity index (χ2v) is 11.3. The van der Waals surface area contributed by atoms with Crippen LogP contribution in [0.2, 0.25) is 0 Å². The first-order valence-electron chi connectivity index (χ1n) is 14.1. The van der Waals surface area contributed by atoms with E-state index in [0.29, 0.717) is 48.1 Å². The quantitative estimate of drug-likeness (QED) is 0.507. The summed E-state index contributed by atoms with van der Waals surface area (Å²) in [6, 6.07) is 9.60. The fourth-order valence-electron chi connectivity index (χ4n) is 5.51. The number of aryl methyl sites for hydroxylation is 2. The van der Waals surface area contributed by atoms with Gasteiger partial charge in [-0.1, -0.05) is 0 Å². The van der Waals surface area contributed by atoms with Gasteiger partial charge in [-0.25, -0.2) is 4.68 Å². The van der Waals surface area contributed by atoms with E-state index in [1.165, 1.54) is 12.8 Å². The van der Waals surface area contributed by atoms with Crippen LogP contribution in [-0.2, 0) is 7.05 Å². The number of aromatic nitrogens is 3. The summed E-state index contributed by atoms with van der Waals surface area (Å²) in [4.78, 5) is 27.2. The summed E-state index contributed by atoms with van der Waals surface area (Å²) in [7, 11) is 5.93. The van der Waals surface area contributed by atoms with Crippen molar-refractivity contribution in [3.05, 3.63) is 47.8 Å². The molecule has 2 aliphatic heterocycles. The van der Waals surface area contributed by atoms with Gasteiger partial charge in [-0.2, -0.15) is 10.1 Å². The van der Waals surface area contributed by atoms with Gasteiger partial charge >= 0.3 is 0 Å². The molecule has 1 amide bonds. The smallest absolute Gasteiger partial charge is 0.280 e. The Hall–Kier alpha value is -3.92. The zero-order valence-corrected chi connectivity index (χ0v) is 23.7. The molecule has 2 aromatic heterocycles. The molecule has 1 saturated carbocycles. The van der Waals surface area contributed by atoms with Crippen molar-refractivity contribution in [2.24, 2.45) is 23.9 Å². The molecule has 2 bridgehead atoms. The maximum absolute atomic E-state index is 13.6. The van der Waals surface area contributed by atoms with E-state index in [-0.39, 0.29) is 5.91 Å². The Bertz CT molecular complexity index is 1440. The van der Waals surface area contributed by atoms with Crippen LogP contribution in [0.3, 0.4) is 0 Å². The molecule has 1 aliphatic carbocycles. The third kappa shape index (κ3) is 5.54. The maximum Gasteiger partial charge on any atom is 0.280 e. The van der Waals surface area contributed by atoms with Gasteiger partial charge in [0.25, 0.3) is 5.91 Å². The van der Waals surface area contributed by atoms with Crippen LogP contribution in [0.1, 0.15) is 41.7 Å². The Labute approximate surface area is 235 Å². The van der Waals surface area contributed by atoms with E-state index < -0.39 is 0 Å². The van der Waals surface area contributed by atoms with Crippen LogP contribution in [0.15, 0.2) is 41.5 Å². The lowest BCUT2D eigenvalue weighted by Crippen LogP contribution is -2.36. The van der Waals surface area contributed by atoms with Crippen molar-refractivity contribution < 1.29 is 14.3 Å². The third-order valence-electron chi connectivity index (χ3n) is 7.80. The number of guanidine groups is 1. The number of carbonyl (C=O) groups excluding carboxylic acids is 1. The van der Waals surface area contributed by atoms with Gasteiger partial charge in [0.2, 0.25) is 11.8 Å². The lowest BCUT2D eigenvalue weighted by atomic mass is 9.97. The number of rotatable bonds is 5.